The summed E-state index contributed by atoms with van der Waals surface area (Å²) in [5.41, 5.74) is 14.0. The van der Waals surface area contributed by atoms with Gasteiger partial charge in [0.05, 0.1) is 11.4 Å². The second kappa shape index (κ2) is 9.84. The van der Waals surface area contributed by atoms with Crippen LogP contribution in [0.1, 0.15) is 75.1 Å². The largest absolute Gasteiger partial charge is 0.401 e. The molecular weight excluding hydrogens is 438 g/mol. The van der Waals surface area contributed by atoms with Gasteiger partial charge in [0.15, 0.2) is 0 Å². The molecule has 1 aromatic carbocycles. The quantitative estimate of drug-likeness (QED) is 0.497. The van der Waals surface area contributed by atoms with Crippen LogP contribution in [0, 0.1) is 0 Å². The van der Waals surface area contributed by atoms with Gasteiger partial charge in [0.2, 0.25) is 0 Å². The Kier molecular flexibility index (Phi) is 6.83. The van der Waals surface area contributed by atoms with Crippen molar-refractivity contribution in [3.05, 3.63) is 64.8 Å². The molecule has 0 amide bonds. The molecule has 2 aromatic rings. The first kappa shape index (κ1) is 23.6. The number of piperidine rings is 1. The number of nitrogens with two attached hydrogens (primary N) is 2. The van der Waals surface area contributed by atoms with Crippen LogP contribution in [0.5, 0.6) is 0 Å². The molecular formula is C28H39N5S. The van der Waals surface area contributed by atoms with E-state index in [1.165, 1.54) is 78.0 Å². The SMILES string of the molecule is C/C(N)=C1\C=C(c2[nH]c3ccc(C4CCN(C5CCSCC5)CC4)cc3c2C(C)C)C=CN1N. The summed E-state index contributed by atoms with van der Waals surface area (Å²) in [6.45, 7) is 8.95. The molecule has 0 unspecified atom stereocenters. The monoisotopic (exact) mass is 477 g/mol. The Morgan fingerprint density at radius 1 is 1.12 bits per heavy atom. The van der Waals surface area contributed by atoms with Crippen molar-refractivity contribution < 1.29 is 0 Å². The maximum absolute atomic E-state index is 6.10. The van der Waals surface area contributed by atoms with Crippen LogP contribution in [-0.2, 0) is 0 Å². The van der Waals surface area contributed by atoms with Gasteiger partial charge in [-0.2, -0.15) is 11.8 Å². The average molecular weight is 478 g/mol. The third-order valence-corrected chi connectivity index (χ3v) is 8.87. The van der Waals surface area contributed by atoms with Crippen LogP contribution in [0.3, 0.4) is 0 Å². The molecule has 2 saturated heterocycles. The van der Waals surface area contributed by atoms with E-state index in [1.807, 2.05) is 13.1 Å². The number of hydrogen-bond donors (Lipinski definition) is 3. The Hall–Kier alpha value is -2.15. The zero-order valence-electron chi connectivity index (χ0n) is 20.8. The maximum Gasteiger partial charge on any atom is 0.0759 e. The van der Waals surface area contributed by atoms with E-state index in [4.69, 9.17) is 11.6 Å². The van der Waals surface area contributed by atoms with Crippen LogP contribution >= 0.6 is 11.8 Å². The van der Waals surface area contributed by atoms with Gasteiger partial charge in [0, 0.05) is 34.4 Å². The second-order valence-corrected chi connectivity index (χ2v) is 11.6. The second-order valence-electron chi connectivity index (χ2n) is 10.4. The predicted molar refractivity (Wildman–Crippen MR) is 146 cm³/mol. The van der Waals surface area contributed by atoms with Crippen LogP contribution in [0.15, 0.2) is 47.9 Å². The molecule has 3 aliphatic rings. The Bertz CT molecular complexity index is 1120. The summed E-state index contributed by atoms with van der Waals surface area (Å²) in [4.78, 5) is 6.49. The molecule has 5 nitrogen and oxygen atoms in total. The minimum Gasteiger partial charge on any atom is -0.401 e. The summed E-state index contributed by atoms with van der Waals surface area (Å²) < 4.78 is 0. The molecule has 0 radical (unpaired) electrons. The number of hydrazine groups is 1. The normalized spacial score (nSPS) is 22.6. The third kappa shape index (κ3) is 4.56. The van der Waals surface area contributed by atoms with Crippen molar-refractivity contribution in [2.45, 2.75) is 64.3 Å². The Morgan fingerprint density at radius 2 is 1.85 bits per heavy atom. The van der Waals surface area contributed by atoms with Crippen molar-refractivity contribution in [1.82, 2.24) is 14.9 Å². The number of benzene rings is 1. The molecule has 6 heteroatoms. The van der Waals surface area contributed by atoms with Crippen molar-refractivity contribution in [2.75, 3.05) is 24.6 Å². The highest BCUT2D eigenvalue weighted by molar-refractivity contribution is 7.99. The smallest absolute Gasteiger partial charge is 0.0759 e. The number of fused-ring (bicyclic) bond motifs is 1. The van der Waals surface area contributed by atoms with E-state index >= 15 is 0 Å². The van der Waals surface area contributed by atoms with E-state index in [9.17, 15) is 0 Å². The molecule has 0 spiro atoms. The van der Waals surface area contributed by atoms with Crippen LogP contribution in [-0.4, -0.2) is 45.5 Å². The zero-order valence-corrected chi connectivity index (χ0v) is 21.6. The molecule has 4 heterocycles. The van der Waals surface area contributed by atoms with Gasteiger partial charge < -0.3 is 15.6 Å². The molecule has 5 N–H and O–H groups in total. The van der Waals surface area contributed by atoms with E-state index in [2.05, 4.69) is 65.8 Å². The molecule has 0 atom stereocenters. The highest BCUT2D eigenvalue weighted by atomic mass is 32.2. The summed E-state index contributed by atoms with van der Waals surface area (Å²) in [5, 5.41) is 2.95. The summed E-state index contributed by atoms with van der Waals surface area (Å²) in [6, 6.07) is 7.93. The molecule has 1 aromatic heterocycles. The number of nitrogens with zero attached hydrogens (tertiary/aromatic N) is 2. The Labute approximate surface area is 208 Å². The topological polar surface area (TPSA) is 74.3 Å². The van der Waals surface area contributed by atoms with Gasteiger partial charge in [-0.1, -0.05) is 19.9 Å². The molecule has 0 aliphatic carbocycles. The summed E-state index contributed by atoms with van der Waals surface area (Å²) in [5.74, 6) is 9.84. The summed E-state index contributed by atoms with van der Waals surface area (Å²) in [7, 11) is 0. The fraction of sp³-hybridized carbons (Fsp3) is 0.500. The molecule has 182 valence electrons. The standard InChI is InChI=1S/C28H39N5S/c1-18(2)27-24-16-21(20-6-11-32(12-7-20)23-9-14-34-15-10-23)4-5-25(24)31-28(27)22-8-13-33(30)26(17-22)19(3)29/h4-5,8,13,16-18,20,23,31H,6-7,9-12,14-15,29-30H2,1-3H3/b26-19-. The summed E-state index contributed by atoms with van der Waals surface area (Å²) >= 11 is 2.12. The van der Waals surface area contributed by atoms with Crippen molar-refractivity contribution >= 4 is 28.2 Å². The number of likely N-dealkylation sites (tertiary alicyclic amines) is 1. The number of rotatable bonds is 4. The molecule has 5 rings (SSSR count). The van der Waals surface area contributed by atoms with Gasteiger partial charge in [-0.25, -0.2) is 5.84 Å². The first-order valence-corrected chi connectivity index (χ1v) is 14.0. The molecule has 0 bridgehead atoms. The van der Waals surface area contributed by atoms with Gasteiger partial charge in [0.25, 0.3) is 0 Å². The first-order chi connectivity index (χ1) is 16.4. The van der Waals surface area contributed by atoms with E-state index in [0.717, 1.165) is 17.3 Å². The van der Waals surface area contributed by atoms with Crippen LogP contribution < -0.4 is 11.6 Å². The maximum atomic E-state index is 6.10. The number of allylic oxidation sites excluding steroid dienone is 4. The fourth-order valence-corrected chi connectivity index (χ4v) is 7.03. The van der Waals surface area contributed by atoms with E-state index < -0.39 is 0 Å². The van der Waals surface area contributed by atoms with Gasteiger partial charge in [-0.3, -0.25) is 5.01 Å². The minimum atomic E-state index is 0.404. The van der Waals surface area contributed by atoms with Crippen molar-refractivity contribution in [3.63, 3.8) is 0 Å². The molecule has 2 fully saturated rings. The highest BCUT2D eigenvalue weighted by Gasteiger charge is 2.28. The Balaban J connectivity index is 1.43. The van der Waals surface area contributed by atoms with E-state index in [-0.39, 0.29) is 0 Å². The van der Waals surface area contributed by atoms with Gasteiger partial charge in [0.1, 0.15) is 0 Å². The van der Waals surface area contributed by atoms with Gasteiger partial charge in [-0.05, 0) is 104 Å². The zero-order chi connectivity index (χ0) is 23.8. The van der Waals surface area contributed by atoms with Crippen molar-refractivity contribution in [3.8, 4) is 0 Å². The van der Waals surface area contributed by atoms with Crippen molar-refractivity contribution in [1.29, 1.82) is 0 Å². The van der Waals surface area contributed by atoms with Crippen molar-refractivity contribution in [2.24, 2.45) is 11.6 Å². The number of aromatic nitrogens is 1. The van der Waals surface area contributed by atoms with E-state index in [0.29, 0.717) is 17.5 Å². The Morgan fingerprint density at radius 3 is 2.53 bits per heavy atom. The molecule has 0 saturated carbocycles. The lowest BCUT2D eigenvalue weighted by Crippen LogP contribution is -2.42. The van der Waals surface area contributed by atoms with E-state index in [1.54, 1.807) is 5.01 Å². The summed E-state index contributed by atoms with van der Waals surface area (Å²) in [6.07, 6.45) is 11.3. The lowest BCUT2D eigenvalue weighted by Gasteiger charge is -2.39. The lowest BCUT2D eigenvalue weighted by molar-refractivity contribution is 0.144. The van der Waals surface area contributed by atoms with Gasteiger partial charge in [-0.15, -0.1) is 0 Å². The van der Waals surface area contributed by atoms with Crippen LogP contribution in [0.4, 0.5) is 0 Å². The third-order valence-electron chi connectivity index (χ3n) is 7.83. The number of aromatic amines is 1. The predicted octanol–water partition coefficient (Wildman–Crippen LogP) is 5.64. The fourth-order valence-electron chi connectivity index (χ4n) is 5.94. The van der Waals surface area contributed by atoms with Crippen LogP contribution in [0.25, 0.3) is 16.5 Å². The van der Waals surface area contributed by atoms with Crippen LogP contribution in [0.2, 0.25) is 0 Å². The minimum absolute atomic E-state index is 0.404. The number of thioether (sulfide) groups is 1. The number of H-pyrrole nitrogens is 1. The first-order valence-electron chi connectivity index (χ1n) is 12.8. The highest BCUT2D eigenvalue weighted by Crippen LogP contribution is 2.38. The molecule has 3 aliphatic heterocycles. The number of nitrogens with one attached hydrogen (secondary N) is 1. The number of hydrogen-bond acceptors (Lipinski definition) is 5. The average Bonchev–Trinajstić information content (AvgIpc) is 3.24. The lowest BCUT2D eigenvalue weighted by atomic mass is 9.86. The molecule has 34 heavy (non-hydrogen) atoms. The van der Waals surface area contributed by atoms with Gasteiger partial charge >= 0.3 is 0 Å².